The Balaban J connectivity index is 1.43. The molecule has 2 bridgehead atoms. The Labute approximate surface area is 123 Å². The van der Waals surface area contributed by atoms with Crippen molar-refractivity contribution in [2.75, 3.05) is 5.32 Å². The molecule has 3 unspecified atom stereocenters. The minimum atomic E-state index is 0.132. The van der Waals surface area contributed by atoms with E-state index in [0.29, 0.717) is 18.2 Å². The molecule has 1 amide bonds. The number of oxazole rings is 1. The van der Waals surface area contributed by atoms with Gasteiger partial charge in [-0.05, 0) is 55.2 Å². The van der Waals surface area contributed by atoms with Gasteiger partial charge < -0.3 is 9.73 Å². The highest BCUT2D eigenvalue weighted by Crippen LogP contribution is 2.49. The average Bonchev–Trinajstić information content (AvgIpc) is 3.11. The zero-order chi connectivity index (χ0) is 14.4. The maximum Gasteiger partial charge on any atom is 0.224 e. The number of nitrogens with one attached hydrogen (secondary N) is 1. The molecule has 4 nitrogen and oxygen atoms in total. The smallest absolute Gasteiger partial charge is 0.224 e. The molecule has 21 heavy (non-hydrogen) atoms. The molecule has 2 aliphatic carbocycles. The molecule has 4 rings (SSSR count). The first-order chi connectivity index (χ1) is 10.2. The zero-order valence-electron chi connectivity index (χ0n) is 12.3. The second-order valence-corrected chi connectivity index (χ2v) is 6.60. The SMILES string of the molecule is Cc1nc2cc(NC(=O)CC3CC4CCC3C4)ccc2o1. The molecule has 4 heteroatoms. The van der Waals surface area contributed by atoms with Crippen LogP contribution in [-0.2, 0) is 4.79 Å². The van der Waals surface area contributed by atoms with E-state index >= 15 is 0 Å². The van der Waals surface area contributed by atoms with E-state index in [-0.39, 0.29) is 5.91 Å². The van der Waals surface area contributed by atoms with Crippen molar-refractivity contribution in [3.05, 3.63) is 24.1 Å². The largest absolute Gasteiger partial charge is 0.441 e. The average molecular weight is 284 g/mol. The quantitative estimate of drug-likeness (QED) is 0.930. The van der Waals surface area contributed by atoms with Gasteiger partial charge in [0.25, 0.3) is 0 Å². The van der Waals surface area contributed by atoms with Crippen LogP contribution in [0.1, 0.15) is 38.0 Å². The Hall–Kier alpha value is -1.84. The molecular formula is C17H20N2O2. The predicted molar refractivity (Wildman–Crippen MR) is 80.9 cm³/mol. The van der Waals surface area contributed by atoms with Crippen LogP contribution < -0.4 is 5.32 Å². The normalized spacial score (nSPS) is 27.4. The second-order valence-electron chi connectivity index (χ2n) is 6.60. The lowest BCUT2D eigenvalue weighted by atomic mass is 9.86. The van der Waals surface area contributed by atoms with Crippen LogP contribution in [0.5, 0.6) is 0 Å². The van der Waals surface area contributed by atoms with Gasteiger partial charge in [0.05, 0.1) is 0 Å². The van der Waals surface area contributed by atoms with E-state index in [4.69, 9.17) is 4.42 Å². The number of fused-ring (bicyclic) bond motifs is 3. The molecule has 0 aliphatic heterocycles. The van der Waals surface area contributed by atoms with Crippen molar-refractivity contribution >= 4 is 22.7 Å². The summed E-state index contributed by atoms with van der Waals surface area (Å²) < 4.78 is 5.45. The molecular weight excluding hydrogens is 264 g/mol. The van der Waals surface area contributed by atoms with Crippen LogP contribution in [0.4, 0.5) is 5.69 Å². The lowest BCUT2D eigenvalue weighted by molar-refractivity contribution is -0.117. The lowest BCUT2D eigenvalue weighted by Gasteiger charge is -2.20. The first-order valence-corrected chi connectivity index (χ1v) is 7.84. The van der Waals surface area contributed by atoms with E-state index in [0.717, 1.165) is 28.6 Å². The van der Waals surface area contributed by atoms with Gasteiger partial charge in [-0.25, -0.2) is 4.98 Å². The van der Waals surface area contributed by atoms with Crippen LogP contribution in [0.3, 0.4) is 0 Å². The predicted octanol–water partition coefficient (Wildman–Crippen LogP) is 3.90. The fraction of sp³-hybridized carbons (Fsp3) is 0.529. The van der Waals surface area contributed by atoms with Crippen molar-refractivity contribution in [3.63, 3.8) is 0 Å². The third-order valence-electron chi connectivity index (χ3n) is 5.11. The Morgan fingerprint density at radius 1 is 1.38 bits per heavy atom. The van der Waals surface area contributed by atoms with E-state index in [9.17, 15) is 4.79 Å². The highest BCUT2D eigenvalue weighted by Gasteiger charge is 2.40. The van der Waals surface area contributed by atoms with Crippen molar-refractivity contribution in [2.24, 2.45) is 17.8 Å². The molecule has 110 valence electrons. The van der Waals surface area contributed by atoms with Gasteiger partial charge in [-0.1, -0.05) is 6.42 Å². The van der Waals surface area contributed by atoms with Gasteiger partial charge in [0.2, 0.25) is 5.91 Å². The summed E-state index contributed by atoms with van der Waals surface area (Å²) in [6.45, 7) is 1.83. The molecule has 1 aromatic heterocycles. The highest BCUT2D eigenvalue weighted by molar-refractivity contribution is 5.92. The van der Waals surface area contributed by atoms with Crippen LogP contribution in [0.2, 0.25) is 0 Å². The summed E-state index contributed by atoms with van der Waals surface area (Å²) in [5.74, 6) is 3.06. The molecule has 2 saturated carbocycles. The summed E-state index contributed by atoms with van der Waals surface area (Å²) in [5, 5.41) is 3.01. The third kappa shape index (κ3) is 2.43. The first-order valence-electron chi connectivity index (χ1n) is 7.84. The Bertz CT molecular complexity index is 691. The van der Waals surface area contributed by atoms with E-state index < -0.39 is 0 Å². The fourth-order valence-corrected chi connectivity index (χ4v) is 4.20. The molecule has 2 fully saturated rings. The van der Waals surface area contributed by atoms with Crippen LogP contribution in [0.25, 0.3) is 11.1 Å². The van der Waals surface area contributed by atoms with Gasteiger partial charge in [0, 0.05) is 19.0 Å². The number of rotatable bonds is 3. The molecule has 0 radical (unpaired) electrons. The molecule has 2 aromatic rings. The summed E-state index contributed by atoms with van der Waals surface area (Å²) >= 11 is 0. The molecule has 0 saturated heterocycles. The lowest BCUT2D eigenvalue weighted by Crippen LogP contribution is -2.20. The zero-order valence-corrected chi connectivity index (χ0v) is 12.3. The second kappa shape index (κ2) is 4.86. The topological polar surface area (TPSA) is 55.1 Å². The maximum absolute atomic E-state index is 12.2. The summed E-state index contributed by atoms with van der Waals surface area (Å²) in [5.41, 5.74) is 2.37. The van der Waals surface area contributed by atoms with Crippen LogP contribution >= 0.6 is 0 Å². The minimum absolute atomic E-state index is 0.132. The molecule has 0 spiro atoms. The van der Waals surface area contributed by atoms with Crippen molar-refractivity contribution in [3.8, 4) is 0 Å². The van der Waals surface area contributed by atoms with Crippen LogP contribution in [0.15, 0.2) is 22.6 Å². The van der Waals surface area contributed by atoms with Crippen LogP contribution in [-0.4, -0.2) is 10.9 Å². The number of hydrogen-bond acceptors (Lipinski definition) is 3. The molecule has 2 aliphatic rings. The van der Waals surface area contributed by atoms with Gasteiger partial charge in [0.1, 0.15) is 5.52 Å². The molecule has 3 atom stereocenters. The Kier molecular flexibility index (Phi) is 2.98. The van der Waals surface area contributed by atoms with Crippen molar-refractivity contribution < 1.29 is 9.21 Å². The number of aromatic nitrogens is 1. The van der Waals surface area contributed by atoms with Gasteiger partial charge in [0.15, 0.2) is 11.5 Å². The van der Waals surface area contributed by atoms with Gasteiger partial charge in [-0.3, -0.25) is 4.79 Å². The van der Waals surface area contributed by atoms with Gasteiger partial charge >= 0.3 is 0 Å². The van der Waals surface area contributed by atoms with E-state index in [1.807, 2.05) is 25.1 Å². The molecule has 1 aromatic carbocycles. The first kappa shape index (κ1) is 12.9. The van der Waals surface area contributed by atoms with E-state index in [2.05, 4.69) is 10.3 Å². The van der Waals surface area contributed by atoms with Gasteiger partial charge in [-0.2, -0.15) is 0 Å². The number of amides is 1. The van der Waals surface area contributed by atoms with E-state index in [1.54, 1.807) is 0 Å². The van der Waals surface area contributed by atoms with Crippen LogP contribution in [0, 0.1) is 24.7 Å². The minimum Gasteiger partial charge on any atom is -0.441 e. The third-order valence-corrected chi connectivity index (χ3v) is 5.11. The Morgan fingerprint density at radius 2 is 2.29 bits per heavy atom. The summed E-state index contributed by atoms with van der Waals surface area (Å²) in [6, 6.07) is 5.62. The number of aryl methyl sites for hydroxylation is 1. The number of carbonyl (C=O) groups is 1. The summed E-state index contributed by atoms with van der Waals surface area (Å²) in [6.07, 6.45) is 5.97. The summed E-state index contributed by atoms with van der Waals surface area (Å²) in [7, 11) is 0. The standard InChI is InChI=1S/C17H20N2O2/c1-10-18-15-9-14(4-5-16(15)21-10)19-17(20)8-13-7-11-2-3-12(13)6-11/h4-5,9,11-13H,2-3,6-8H2,1H3,(H,19,20). The number of carbonyl (C=O) groups excluding carboxylic acids is 1. The number of benzene rings is 1. The monoisotopic (exact) mass is 284 g/mol. The number of nitrogens with zero attached hydrogens (tertiary/aromatic N) is 1. The Morgan fingerprint density at radius 3 is 3.05 bits per heavy atom. The van der Waals surface area contributed by atoms with E-state index in [1.165, 1.54) is 25.7 Å². The van der Waals surface area contributed by atoms with Crippen molar-refractivity contribution in [1.82, 2.24) is 4.98 Å². The fourth-order valence-electron chi connectivity index (χ4n) is 4.20. The number of hydrogen-bond donors (Lipinski definition) is 1. The molecule has 1 heterocycles. The highest BCUT2D eigenvalue weighted by atomic mass is 16.3. The maximum atomic E-state index is 12.2. The molecule has 1 N–H and O–H groups in total. The summed E-state index contributed by atoms with van der Waals surface area (Å²) in [4.78, 5) is 16.5. The van der Waals surface area contributed by atoms with Crippen molar-refractivity contribution in [2.45, 2.75) is 39.0 Å². The van der Waals surface area contributed by atoms with Gasteiger partial charge in [-0.15, -0.1) is 0 Å². The van der Waals surface area contributed by atoms with Crippen molar-refractivity contribution in [1.29, 1.82) is 0 Å². The number of anilines is 1.